The molecule has 188 valence electrons. The van der Waals surface area contributed by atoms with Gasteiger partial charge in [0.15, 0.2) is 0 Å². The molecule has 1 amide bonds. The second-order valence-corrected chi connectivity index (χ2v) is 9.14. The highest BCUT2D eigenvalue weighted by Gasteiger charge is 2.38. The van der Waals surface area contributed by atoms with Gasteiger partial charge in [-0.2, -0.15) is 0 Å². The van der Waals surface area contributed by atoms with Gasteiger partial charge in [-0.3, -0.25) is 9.69 Å². The highest BCUT2D eigenvalue weighted by atomic mass is 35.5. The molecule has 0 aromatic heterocycles. The van der Waals surface area contributed by atoms with Crippen LogP contribution in [-0.4, -0.2) is 62.5 Å². The lowest BCUT2D eigenvalue weighted by Crippen LogP contribution is -2.48. The largest absolute Gasteiger partial charge is 0.354 e. The van der Waals surface area contributed by atoms with Crippen LogP contribution < -0.4 is 5.32 Å². The van der Waals surface area contributed by atoms with Crippen molar-refractivity contribution in [2.75, 3.05) is 46.8 Å². The molecule has 0 saturated heterocycles. The summed E-state index contributed by atoms with van der Waals surface area (Å²) >= 11 is 0. The highest BCUT2D eigenvalue weighted by Crippen LogP contribution is 2.41. The van der Waals surface area contributed by atoms with E-state index in [1.165, 1.54) is 16.3 Å². The minimum absolute atomic E-state index is 0. The fraction of sp³-hybridized carbons (Fsp3) is 0.593. The molecule has 6 heteroatoms. The first-order chi connectivity index (χ1) is 14.9. The number of nitrogens with one attached hydrogen (secondary N) is 1. The second-order valence-electron chi connectivity index (χ2n) is 9.14. The van der Waals surface area contributed by atoms with Crippen molar-refractivity contribution in [3.05, 3.63) is 48.0 Å². The second kappa shape index (κ2) is 15.5. The lowest BCUT2D eigenvalue weighted by Gasteiger charge is -2.41. The van der Waals surface area contributed by atoms with Gasteiger partial charge < -0.3 is 10.2 Å². The van der Waals surface area contributed by atoms with Crippen LogP contribution in [0, 0.1) is 5.92 Å². The molecule has 0 bridgehead atoms. The molecule has 0 aliphatic heterocycles. The van der Waals surface area contributed by atoms with Gasteiger partial charge in [0.2, 0.25) is 5.91 Å². The van der Waals surface area contributed by atoms with Crippen molar-refractivity contribution in [1.29, 1.82) is 0 Å². The summed E-state index contributed by atoms with van der Waals surface area (Å²) in [7, 11) is 4.27. The van der Waals surface area contributed by atoms with Gasteiger partial charge in [0, 0.05) is 12.0 Å². The Morgan fingerprint density at radius 1 is 1.00 bits per heavy atom. The lowest BCUT2D eigenvalue weighted by atomic mass is 9.65. The Balaban J connectivity index is 0.00000512. The Labute approximate surface area is 214 Å². The van der Waals surface area contributed by atoms with Crippen LogP contribution in [0.5, 0.6) is 0 Å². The van der Waals surface area contributed by atoms with E-state index in [0.29, 0.717) is 19.0 Å². The van der Waals surface area contributed by atoms with E-state index >= 15 is 0 Å². The molecule has 2 rings (SSSR count). The van der Waals surface area contributed by atoms with Gasteiger partial charge in [0.1, 0.15) is 0 Å². The standard InChI is InChI=1S/C27H43N3O.2ClH/c1-7-22(4)27(18-13-19-29(5)6,21-28-26(31)20-30(8-2)9-3)25-17-12-15-23-14-10-11-16-24(23)25;;/h10-12,14-17,22H,7-9,13,18-21H2,1-6H3,(H,28,31);2*1H. The number of carbonyl (C=O) groups is 1. The molecule has 4 nitrogen and oxygen atoms in total. The minimum Gasteiger partial charge on any atom is -0.354 e. The molecule has 0 aliphatic carbocycles. The van der Waals surface area contributed by atoms with Crippen LogP contribution in [0.15, 0.2) is 42.5 Å². The molecule has 0 saturated carbocycles. The molecule has 2 atom stereocenters. The van der Waals surface area contributed by atoms with Gasteiger partial charge >= 0.3 is 0 Å². The monoisotopic (exact) mass is 497 g/mol. The van der Waals surface area contributed by atoms with E-state index in [0.717, 1.165) is 38.9 Å². The summed E-state index contributed by atoms with van der Waals surface area (Å²) < 4.78 is 0. The smallest absolute Gasteiger partial charge is 0.234 e. The van der Waals surface area contributed by atoms with Crippen LogP contribution >= 0.6 is 24.8 Å². The predicted octanol–water partition coefficient (Wildman–Crippen LogP) is 5.77. The number of hydrogen-bond donors (Lipinski definition) is 1. The summed E-state index contributed by atoms with van der Waals surface area (Å²) in [6.45, 7) is 12.8. The van der Waals surface area contributed by atoms with E-state index in [9.17, 15) is 4.79 Å². The number of likely N-dealkylation sites (N-methyl/N-ethyl adjacent to an activating group) is 1. The summed E-state index contributed by atoms with van der Waals surface area (Å²) in [6.07, 6.45) is 3.24. The maximum Gasteiger partial charge on any atom is 0.234 e. The topological polar surface area (TPSA) is 35.6 Å². The molecule has 0 fully saturated rings. The Kier molecular flexibility index (Phi) is 14.9. The fourth-order valence-electron chi connectivity index (χ4n) is 4.73. The molecule has 0 heterocycles. The third kappa shape index (κ3) is 8.43. The Morgan fingerprint density at radius 2 is 1.64 bits per heavy atom. The molecular formula is C27H45Cl2N3O. The first kappa shape index (κ1) is 31.7. The third-order valence-electron chi connectivity index (χ3n) is 6.97. The van der Waals surface area contributed by atoms with E-state index in [1.807, 2.05) is 0 Å². The van der Waals surface area contributed by atoms with Gasteiger partial charge in [-0.1, -0.05) is 76.6 Å². The summed E-state index contributed by atoms with van der Waals surface area (Å²) in [6, 6.07) is 15.3. The van der Waals surface area contributed by atoms with Crippen molar-refractivity contribution in [3.63, 3.8) is 0 Å². The van der Waals surface area contributed by atoms with Crippen molar-refractivity contribution in [1.82, 2.24) is 15.1 Å². The molecule has 0 aliphatic rings. The van der Waals surface area contributed by atoms with Crippen LogP contribution in [0.1, 0.15) is 52.5 Å². The van der Waals surface area contributed by atoms with Gasteiger partial charge in [-0.25, -0.2) is 0 Å². The number of carbonyl (C=O) groups excluding carboxylic acids is 1. The number of halogens is 2. The first-order valence-electron chi connectivity index (χ1n) is 12.0. The predicted molar refractivity (Wildman–Crippen MR) is 148 cm³/mol. The molecule has 2 aromatic carbocycles. The number of benzene rings is 2. The van der Waals surface area contributed by atoms with Crippen molar-refractivity contribution in [3.8, 4) is 0 Å². The van der Waals surface area contributed by atoms with E-state index in [-0.39, 0.29) is 36.1 Å². The molecule has 2 unspecified atom stereocenters. The average Bonchev–Trinajstić information content (AvgIpc) is 2.78. The number of amides is 1. The van der Waals surface area contributed by atoms with Crippen molar-refractivity contribution >= 4 is 41.5 Å². The lowest BCUT2D eigenvalue weighted by molar-refractivity contribution is -0.122. The maximum atomic E-state index is 12.8. The molecule has 2 aromatic rings. The van der Waals surface area contributed by atoms with E-state index < -0.39 is 0 Å². The van der Waals surface area contributed by atoms with Crippen molar-refractivity contribution < 1.29 is 4.79 Å². The highest BCUT2D eigenvalue weighted by molar-refractivity contribution is 5.87. The van der Waals surface area contributed by atoms with Crippen LogP contribution in [0.4, 0.5) is 0 Å². The van der Waals surface area contributed by atoms with Gasteiger partial charge in [0.25, 0.3) is 0 Å². The van der Waals surface area contributed by atoms with E-state index in [4.69, 9.17) is 0 Å². The molecule has 1 N–H and O–H groups in total. The maximum absolute atomic E-state index is 12.8. The first-order valence-corrected chi connectivity index (χ1v) is 12.0. The Bertz CT molecular complexity index is 821. The zero-order chi connectivity index (χ0) is 22.9. The quantitative estimate of drug-likeness (QED) is 0.381. The van der Waals surface area contributed by atoms with Crippen LogP contribution in [0.3, 0.4) is 0 Å². The molecule has 0 radical (unpaired) electrons. The van der Waals surface area contributed by atoms with Crippen LogP contribution in [0.2, 0.25) is 0 Å². The van der Waals surface area contributed by atoms with E-state index in [1.54, 1.807) is 0 Å². The Morgan fingerprint density at radius 3 is 2.24 bits per heavy atom. The zero-order valence-electron chi connectivity index (χ0n) is 21.4. The van der Waals surface area contributed by atoms with Gasteiger partial charge in [-0.15, -0.1) is 24.8 Å². The summed E-state index contributed by atoms with van der Waals surface area (Å²) in [4.78, 5) is 17.3. The molecule has 0 spiro atoms. The van der Waals surface area contributed by atoms with Gasteiger partial charge in [-0.05, 0) is 68.8 Å². The van der Waals surface area contributed by atoms with Crippen LogP contribution in [0.25, 0.3) is 10.8 Å². The number of hydrogen-bond acceptors (Lipinski definition) is 3. The third-order valence-corrected chi connectivity index (χ3v) is 6.97. The van der Waals surface area contributed by atoms with Gasteiger partial charge in [0.05, 0.1) is 6.54 Å². The Hall–Kier alpha value is -1.33. The van der Waals surface area contributed by atoms with Crippen molar-refractivity contribution in [2.45, 2.75) is 52.4 Å². The number of rotatable bonds is 13. The van der Waals surface area contributed by atoms with E-state index in [2.05, 4.69) is 99.4 Å². The number of nitrogens with zero attached hydrogens (tertiary/aromatic N) is 2. The van der Waals surface area contributed by atoms with Crippen molar-refractivity contribution in [2.24, 2.45) is 5.92 Å². The zero-order valence-corrected chi connectivity index (χ0v) is 23.0. The normalized spacial score (nSPS) is 13.8. The van der Waals surface area contributed by atoms with Crippen LogP contribution in [-0.2, 0) is 10.2 Å². The molecular weight excluding hydrogens is 453 g/mol. The number of fused-ring (bicyclic) bond motifs is 1. The fourth-order valence-corrected chi connectivity index (χ4v) is 4.73. The average molecular weight is 499 g/mol. The molecule has 33 heavy (non-hydrogen) atoms. The summed E-state index contributed by atoms with van der Waals surface area (Å²) in [5, 5.41) is 5.93. The summed E-state index contributed by atoms with van der Waals surface area (Å²) in [5.74, 6) is 0.582. The minimum atomic E-state index is -0.0927. The summed E-state index contributed by atoms with van der Waals surface area (Å²) in [5.41, 5.74) is 1.28. The SMILES string of the molecule is CCC(C)C(CCCN(C)C)(CNC(=O)CN(CC)CC)c1cccc2ccccc12.Cl.Cl.